The second-order valence-corrected chi connectivity index (χ2v) is 7.01. The Hall–Kier alpha value is -3.60. The zero-order valence-electron chi connectivity index (χ0n) is 17.2. The zero-order valence-corrected chi connectivity index (χ0v) is 17.2. The van der Waals surface area contributed by atoms with Crippen LogP contribution in [-0.4, -0.2) is 23.8 Å². The molecule has 0 aliphatic rings. The molecule has 154 valence electrons. The highest BCUT2D eigenvalue weighted by Crippen LogP contribution is 2.24. The summed E-state index contributed by atoms with van der Waals surface area (Å²) in [6.07, 6.45) is 0. The average molecular weight is 402 g/mol. The van der Waals surface area contributed by atoms with Crippen LogP contribution in [-0.2, 0) is 22.7 Å². The van der Waals surface area contributed by atoms with Gasteiger partial charge in [-0.15, -0.1) is 0 Å². The van der Waals surface area contributed by atoms with Gasteiger partial charge in [0.1, 0.15) is 11.8 Å². The maximum absolute atomic E-state index is 13.2. The quantitative estimate of drug-likeness (QED) is 0.617. The van der Waals surface area contributed by atoms with Gasteiger partial charge in [-0.1, -0.05) is 72.8 Å². The highest BCUT2D eigenvalue weighted by Gasteiger charge is 2.29. The Morgan fingerprint density at radius 3 is 2.03 bits per heavy atom. The van der Waals surface area contributed by atoms with Crippen molar-refractivity contribution in [3.63, 3.8) is 0 Å². The Morgan fingerprint density at radius 2 is 1.47 bits per heavy atom. The first kappa shape index (κ1) is 21.1. The van der Waals surface area contributed by atoms with Crippen molar-refractivity contribution >= 4 is 11.8 Å². The number of carbonyl (C=O) groups excluding carboxylic acids is 2. The van der Waals surface area contributed by atoms with E-state index in [0.29, 0.717) is 13.1 Å². The van der Waals surface area contributed by atoms with Crippen molar-refractivity contribution in [3.8, 4) is 5.75 Å². The largest absolute Gasteiger partial charge is 0.497 e. The third-order valence-electron chi connectivity index (χ3n) is 4.90. The van der Waals surface area contributed by atoms with Gasteiger partial charge in [-0.25, -0.2) is 0 Å². The van der Waals surface area contributed by atoms with Gasteiger partial charge in [-0.2, -0.15) is 0 Å². The Labute approximate surface area is 177 Å². The third-order valence-corrected chi connectivity index (χ3v) is 4.90. The number of amides is 2. The van der Waals surface area contributed by atoms with Gasteiger partial charge >= 0.3 is 0 Å². The van der Waals surface area contributed by atoms with Gasteiger partial charge in [0.2, 0.25) is 11.8 Å². The molecule has 0 radical (unpaired) electrons. The molecular formula is C25H26N2O3. The molecule has 2 amide bonds. The molecule has 0 saturated heterocycles. The van der Waals surface area contributed by atoms with Crippen LogP contribution < -0.4 is 10.1 Å². The number of hydrogen-bond acceptors (Lipinski definition) is 3. The summed E-state index contributed by atoms with van der Waals surface area (Å²) in [5.41, 5.74) is 2.69. The second-order valence-electron chi connectivity index (χ2n) is 7.01. The molecule has 0 aromatic heterocycles. The predicted molar refractivity (Wildman–Crippen MR) is 117 cm³/mol. The molecule has 5 nitrogen and oxygen atoms in total. The third kappa shape index (κ3) is 5.47. The Bertz CT molecular complexity index is 957. The van der Waals surface area contributed by atoms with Crippen LogP contribution in [0.1, 0.15) is 29.7 Å². The Morgan fingerprint density at radius 1 is 0.867 bits per heavy atom. The fourth-order valence-corrected chi connectivity index (χ4v) is 3.30. The molecule has 3 aromatic rings. The lowest BCUT2D eigenvalue weighted by atomic mass is 10.0. The van der Waals surface area contributed by atoms with Crippen LogP contribution in [0.2, 0.25) is 0 Å². The molecule has 1 N–H and O–H groups in total. The lowest BCUT2D eigenvalue weighted by Crippen LogP contribution is -2.42. The minimum absolute atomic E-state index is 0.172. The van der Waals surface area contributed by atoms with Crippen LogP contribution >= 0.6 is 0 Å². The molecule has 30 heavy (non-hydrogen) atoms. The van der Waals surface area contributed by atoms with E-state index in [4.69, 9.17) is 4.74 Å². The van der Waals surface area contributed by atoms with Gasteiger partial charge in [0.05, 0.1) is 7.11 Å². The van der Waals surface area contributed by atoms with E-state index in [-0.39, 0.29) is 11.8 Å². The number of rotatable bonds is 8. The SMILES string of the molecule is COc1ccc(CN(C(C)=O)[C@@H](C(=O)NCc2ccccc2)c2ccccc2)cc1. The monoisotopic (exact) mass is 402 g/mol. The second kappa shape index (κ2) is 10.3. The lowest BCUT2D eigenvalue weighted by molar-refractivity contribution is -0.140. The number of nitrogens with one attached hydrogen (secondary N) is 1. The highest BCUT2D eigenvalue weighted by molar-refractivity contribution is 5.88. The molecule has 5 heteroatoms. The minimum Gasteiger partial charge on any atom is -0.497 e. The number of ether oxygens (including phenoxy) is 1. The number of carbonyl (C=O) groups is 2. The van der Waals surface area contributed by atoms with E-state index in [1.165, 1.54) is 6.92 Å². The van der Waals surface area contributed by atoms with Crippen molar-refractivity contribution in [2.45, 2.75) is 26.1 Å². The van der Waals surface area contributed by atoms with E-state index >= 15 is 0 Å². The summed E-state index contributed by atoms with van der Waals surface area (Å²) in [7, 11) is 1.61. The van der Waals surface area contributed by atoms with Gasteiger partial charge in [0.15, 0.2) is 0 Å². The highest BCUT2D eigenvalue weighted by atomic mass is 16.5. The average Bonchev–Trinajstić information content (AvgIpc) is 2.79. The molecule has 0 unspecified atom stereocenters. The van der Waals surface area contributed by atoms with E-state index < -0.39 is 6.04 Å². The molecule has 0 heterocycles. The normalized spacial score (nSPS) is 11.4. The van der Waals surface area contributed by atoms with Gasteiger partial charge < -0.3 is 15.0 Å². The van der Waals surface area contributed by atoms with Crippen molar-refractivity contribution in [2.75, 3.05) is 7.11 Å². The summed E-state index contributed by atoms with van der Waals surface area (Å²) >= 11 is 0. The van der Waals surface area contributed by atoms with Crippen molar-refractivity contribution in [1.82, 2.24) is 10.2 Å². The standard InChI is InChI=1S/C25H26N2O3/c1-19(28)27(18-21-13-15-23(30-2)16-14-21)24(22-11-7-4-8-12-22)25(29)26-17-20-9-5-3-6-10-20/h3-16,24H,17-18H2,1-2H3,(H,26,29)/t24-/m1/s1. The number of benzene rings is 3. The number of methoxy groups -OCH3 is 1. The van der Waals surface area contributed by atoms with Crippen LogP contribution in [0.25, 0.3) is 0 Å². The van der Waals surface area contributed by atoms with Crippen molar-refractivity contribution < 1.29 is 14.3 Å². The molecular weight excluding hydrogens is 376 g/mol. The Kier molecular flexibility index (Phi) is 7.22. The first-order valence-corrected chi connectivity index (χ1v) is 9.85. The van der Waals surface area contributed by atoms with Crippen LogP contribution in [0.5, 0.6) is 5.75 Å². The number of nitrogens with zero attached hydrogens (tertiary/aromatic N) is 1. The fraction of sp³-hybridized carbons (Fsp3) is 0.200. The summed E-state index contributed by atoms with van der Waals surface area (Å²) in [5.74, 6) is 0.358. The van der Waals surface area contributed by atoms with E-state index in [9.17, 15) is 9.59 Å². The van der Waals surface area contributed by atoms with Crippen LogP contribution in [0.15, 0.2) is 84.9 Å². The summed E-state index contributed by atoms with van der Waals surface area (Å²) in [5, 5.41) is 2.98. The van der Waals surface area contributed by atoms with Crippen LogP contribution in [0, 0.1) is 0 Å². The molecule has 0 saturated carbocycles. The van der Waals surface area contributed by atoms with Crippen molar-refractivity contribution in [3.05, 3.63) is 102 Å². The molecule has 0 bridgehead atoms. The summed E-state index contributed by atoms with van der Waals surface area (Å²) in [6, 6.07) is 25.9. The molecule has 3 aromatic carbocycles. The molecule has 0 spiro atoms. The van der Waals surface area contributed by atoms with Crippen molar-refractivity contribution in [1.29, 1.82) is 0 Å². The van der Waals surface area contributed by atoms with Gasteiger partial charge in [0, 0.05) is 20.0 Å². The molecule has 1 atom stereocenters. The minimum atomic E-state index is -0.727. The molecule has 3 rings (SSSR count). The zero-order chi connectivity index (χ0) is 21.3. The van der Waals surface area contributed by atoms with E-state index in [0.717, 1.165) is 22.4 Å². The van der Waals surface area contributed by atoms with E-state index in [1.807, 2.05) is 84.9 Å². The predicted octanol–water partition coefficient (Wildman–Crippen LogP) is 4.10. The Balaban J connectivity index is 1.86. The smallest absolute Gasteiger partial charge is 0.247 e. The molecule has 0 fully saturated rings. The first-order chi connectivity index (χ1) is 14.6. The molecule has 0 aliphatic carbocycles. The maximum Gasteiger partial charge on any atom is 0.247 e. The topological polar surface area (TPSA) is 58.6 Å². The maximum atomic E-state index is 13.2. The van der Waals surface area contributed by atoms with Gasteiger partial charge in [-0.3, -0.25) is 9.59 Å². The van der Waals surface area contributed by atoms with E-state index in [2.05, 4.69) is 5.32 Å². The van der Waals surface area contributed by atoms with Gasteiger partial charge in [-0.05, 0) is 28.8 Å². The van der Waals surface area contributed by atoms with Crippen LogP contribution in [0.3, 0.4) is 0 Å². The summed E-state index contributed by atoms with van der Waals surface area (Å²) < 4.78 is 5.21. The number of hydrogen-bond donors (Lipinski definition) is 1. The first-order valence-electron chi connectivity index (χ1n) is 9.85. The van der Waals surface area contributed by atoms with E-state index in [1.54, 1.807) is 12.0 Å². The summed E-state index contributed by atoms with van der Waals surface area (Å²) in [6.45, 7) is 2.21. The summed E-state index contributed by atoms with van der Waals surface area (Å²) in [4.78, 5) is 27.4. The fourth-order valence-electron chi connectivity index (χ4n) is 3.30. The molecule has 0 aliphatic heterocycles. The van der Waals surface area contributed by atoms with Crippen LogP contribution in [0.4, 0.5) is 0 Å². The lowest BCUT2D eigenvalue weighted by Gasteiger charge is -2.30. The van der Waals surface area contributed by atoms with Gasteiger partial charge in [0.25, 0.3) is 0 Å². The van der Waals surface area contributed by atoms with Crippen molar-refractivity contribution in [2.24, 2.45) is 0 Å².